The van der Waals surface area contributed by atoms with Gasteiger partial charge >= 0.3 is 0 Å². The lowest BCUT2D eigenvalue weighted by Crippen LogP contribution is -2.44. The second-order valence-electron chi connectivity index (χ2n) is 9.22. The monoisotopic (exact) mass is 486 g/mol. The van der Waals surface area contributed by atoms with Crippen LogP contribution < -0.4 is 15.6 Å². The molecule has 0 saturated carbocycles. The number of piperazine rings is 1. The summed E-state index contributed by atoms with van der Waals surface area (Å²) >= 11 is 0. The third-order valence-corrected chi connectivity index (χ3v) is 6.19. The van der Waals surface area contributed by atoms with Gasteiger partial charge in [0.2, 0.25) is 0 Å². The summed E-state index contributed by atoms with van der Waals surface area (Å²) < 4.78 is 9.46. The van der Waals surface area contributed by atoms with E-state index in [0.717, 1.165) is 26.2 Å². The number of imidazole rings is 1. The van der Waals surface area contributed by atoms with Gasteiger partial charge in [0.1, 0.15) is 11.6 Å². The maximum absolute atomic E-state index is 13.9. The summed E-state index contributed by atoms with van der Waals surface area (Å²) in [6, 6.07) is 12.6. The lowest BCUT2D eigenvalue weighted by molar-refractivity contribution is 0.0972. The smallest absolute Gasteiger partial charge is 0.266 e. The highest BCUT2D eigenvalue weighted by atomic mass is 16.5. The number of ether oxygens (including phenoxy) is 1. The maximum Gasteiger partial charge on any atom is 0.266 e. The van der Waals surface area contributed by atoms with E-state index in [9.17, 15) is 9.59 Å². The van der Waals surface area contributed by atoms with E-state index in [1.54, 1.807) is 52.1 Å². The van der Waals surface area contributed by atoms with Gasteiger partial charge < -0.3 is 14.6 Å². The minimum absolute atomic E-state index is 0.0872. The molecule has 9 nitrogen and oxygen atoms in total. The highest BCUT2D eigenvalue weighted by Crippen LogP contribution is 2.27. The molecular weight excluding hydrogens is 456 g/mol. The topological polar surface area (TPSA) is 94.3 Å². The number of Topliss-reactive ketones (excluding diaryl/α,β-unsaturated/α-hetero) is 1. The van der Waals surface area contributed by atoms with Gasteiger partial charge in [0.05, 0.1) is 42.1 Å². The van der Waals surface area contributed by atoms with Crippen molar-refractivity contribution in [2.45, 2.75) is 33.0 Å². The lowest BCUT2D eigenvalue weighted by atomic mass is 10.1. The number of nitrogens with zero attached hydrogens (tertiary/aromatic N) is 5. The van der Waals surface area contributed by atoms with E-state index in [2.05, 4.69) is 15.2 Å². The molecule has 186 valence electrons. The second kappa shape index (κ2) is 10.4. The number of aromatic nitrogens is 4. The normalized spacial score (nSPS) is 14.4. The van der Waals surface area contributed by atoms with Crippen molar-refractivity contribution in [3.8, 4) is 11.4 Å². The van der Waals surface area contributed by atoms with E-state index in [0.29, 0.717) is 40.3 Å². The van der Waals surface area contributed by atoms with Gasteiger partial charge in [-0.25, -0.2) is 9.97 Å². The Morgan fingerprint density at radius 3 is 2.69 bits per heavy atom. The van der Waals surface area contributed by atoms with E-state index in [-0.39, 0.29) is 24.0 Å². The van der Waals surface area contributed by atoms with Gasteiger partial charge in [-0.15, -0.1) is 0 Å². The summed E-state index contributed by atoms with van der Waals surface area (Å²) in [7, 11) is 0. The zero-order valence-corrected chi connectivity index (χ0v) is 20.6. The first-order valence-corrected chi connectivity index (χ1v) is 12.2. The van der Waals surface area contributed by atoms with Crippen LogP contribution in [0.15, 0.2) is 66.0 Å². The fourth-order valence-electron chi connectivity index (χ4n) is 4.46. The quantitative estimate of drug-likeness (QED) is 0.383. The molecule has 9 heteroatoms. The lowest BCUT2D eigenvalue weighted by Gasteiger charge is -2.28. The summed E-state index contributed by atoms with van der Waals surface area (Å²) in [5, 5.41) is 3.88. The number of carbonyl (C=O) groups is 1. The standard InChI is InChI=1S/C27H30N6O3/c1-19(2)36-25-8-7-20(24(34)16-32-14-11-29-18-32)15-23(25)33-26(17-31-12-9-28-10-13-31)30-22-6-4-3-5-21(22)27(33)35/h3-8,11,14-15,18-19,28H,9-10,12-13,16-17H2,1-2H3. The Kier molecular flexibility index (Phi) is 6.92. The molecule has 36 heavy (non-hydrogen) atoms. The molecule has 0 aliphatic carbocycles. The SMILES string of the molecule is CC(C)Oc1ccc(C(=O)Cn2ccnc2)cc1-n1c(CN2CCNCC2)nc2ccccc2c1=O. The Balaban J connectivity index is 1.66. The zero-order valence-electron chi connectivity index (χ0n) is 20.6. The summed E-state index contributed by atoms with van der Waals surface area (Å²) in [6.45, 7) is 8.03. The van der Waals surface area contributed by atoms with Gasteiger partial charge in [-0.3, -0.25) is 19.1 Å². The van der Waals surface area contributed by atoms with Crippen molar-refractivity contribution in [2.24, 2.45) is 0 Å². The van der Waals surface area contributed by atoms with Crippen molar-refractivity contribution in [3.05, 3.63) is 82.9 Å². The number of para-hydroxylation sites is 1. The number of fused-ring (bicyclic) bond motifs is 1. The summed E-state index contributed by atoms with van der Waals surface area (Å²) in [5.74, 6) is 1.06. The van der Waals surface area contributed by atoms with E-state index in [1.807, 2.05) is 32.0 Å². The summed E-state index contributed by atoms with van der Waals surface area (Å²) in [5.41, 5.74) is 1.48. The van der Waals surface area contributed by atoms with Crippen LogP contribution in [0.1, 0.15) is 30.0 Å². The molecule has 1 saturated heterocycles. The van der Waals surface area contributed by atoms with E-state index < -0.39 is 0 Å². The van der Waals surface area contributed by atoms with Gasteiger partial charge in [-0.1, -0.05) is 12.1 Å². The molecule has 0 spiro atoms. The molecule has 0 amide bonds. The van der Waals surface area contributed by atoms with Gasteiger partial charge in [0, 0.05) is 44.1 Å². The highest BCUT2D eigenvalue weighted by molar-refractivity contribution is 5.96. The van der Waals surface area contributed by atoms with Gasteiger partial charge in [0.25, 0.3) is 5.56 Å². The Labute approximate surface area is 209 Å². The van der Waals surface area contributed by atoms with Crippen molar-refractivity contribution in [1.29, 1.82) is 0 Å². The van der Waals surface area contributed by atoms with Crippen molar-refractivity contribution in [1.82, 2.24) is 29.3 Å². The third kappa shape index (κ3) is 5.07. The second-order valence-corrected chi connectivity index (χ2v) is 9.22. The minimum Gasteiger partial charge on any atom is -0.489 e. The van der Waals surface area contributed by atoms with Crippen LogP contribution in [-0.2, 0) is 13.1 Å². The predicted molar refractivity (Wildman–Crippen MR) is 138 cm³/mol. The van der Waals surface area contributed by atoms with Gasteiger partial charge in [-0.05, 0) is 44.2 Å². The van der Waals surface area contributed by atoms with E-state index in [1.165, 1.54) is 0 Å². The highest BCUT2D eigenvalue weighted by Gasteiger charge is 2.21. The molecule has 4 aromatic rings. The number of hydrogen-bond acceptors (Lipinski definition) is 7. The molecule has 1 aliphatic rings. The van der Waals surface area contributed by atoms with Crippen molar-refractivity contribution < 1.29 is 9.53 Å². The Morgan fingerprint density at radius 2 is 1.94 bits per heavy atom. The Hall–Kier alpha value is -3.82. The van der Waals surface area contributed by atoms with Crippen molar-refractivity contribution >= 4 is 16.7 Å². The molecule has 0 unspecified atom stereocenters. The van der Waals surface area contributed by atoms with Crippen LogP contribution in [0.25, 0.3) is 16.6 Å². The average Bonchev–Trinajstić information content (AvgIpc) is 3.38. The molecule has 1 aliphatic heterocycles. The number of nitrogens with one attached hydrogen (secondary N) is 1. The molecule has 0 atom stereocenters. The fraction of sp³-hybridized carbons (Fsp3) is 0.333. The zero-order chi connectivity index (χ0) is 25.1. The van der Waals surface area contributed by atoms with Crippen LogP contribution in [-0.4, -0.2) is 62.1 Å². The average molecular weight is 487 g/mol. The molecule has 2 aromatic carbocycles. The van der Waals surface area contributed by atoms with Crippen LogP contribution in [0.3, 0.4) is 0 Å². The molecule has 1 fully saturated rings. The molecule has 3 heterocycles. The largest absolute Gasteiger partial charge is 0.489 e. The van der Waals surface area contributed by atoms with Crippen molar-refractivity contribution in [2.75, 3.05) is 26.2 Å². The molecule has 2 aromatic heterocycles. The summed E-state index contributed by atoms with van der Waals surface area (Å²) in [4.78, 5) is 38.2. The van der Waals surface area contributed by atoms with E-state index in [4.69, 9.17) is 9.72 Å². The summed E-state index contributed by atoms with van der Waals surface area (Å²) in [6.07, 6.45) is 4.88. The number of ketones is 1. The van der Waals surface area contributed by atoms with Gasteiger partial charge in [0.15, 0.2) is 5.78 Å². The Bertz CT molecular complexity index is 1420. The van der Waals surface area contributed by atoms with Crippen LogP contribution >= 0.6 is 0 Å². The molecule has 1 N–H and O–H groups in total. The number of carbonyl (C=O) groups excluding carboxylic acids is 1. The third-order valence-electron chi connectivity index (χ3n) is 6.19. The molecular formula is C27H30N6O3. The number of rotatable bonds is 8. The number of benzene rings is 2. The molecule has 0 bridgehead atoms. The first kappa shape index (κ1) is 23.9. The molecule has 0 radical (unpaired) electrons. The van der Waals surface area contributed by atoms with Gasteiger partial charge in [-0.2, -0.15) is 0 Å². The van der Waals surface area contributed by atoms with E-state index >= 15 is 0 Å². The van der Waals surface area contributed by atoms with Crippen LogP contribution in [0.5, 0.6) is 5.75 Å². The van der Waals surface area contributed by atoms with Crippen LogP contribution in [0, 0.1) is 0 Å². The predicted octanol–water partition coefficient (Wildman–Crippen LogP) is 2.66. The Morgan fingerprint density at radius 1 is 1.14 bits per heavy atom. The van der Waals surface area contributed by atoms with Crippen molar-refractivity contribution in [3.63, 3.8) is 0 Å². The van der Waals surface area contributed by atoms with Crippen LogP contribution in [0.2, 0.25) is 0 Å². The molecule has 5 rings (SSSR count). The first-order chi connectivity index (χ1) is 17.5. The first-order valence-electron chi connectivity index (χ1n) is 12.2. The fourth-order valence-corrected chi connectivity index (χ4v) is 4.46. The number of hydrogen-bond donors (Lipinski definition) is 1. The van der Waals surface area contributed by atoms with Crippen LogP contribution in [0.4, 0.5) is 0 Å². The maximum atomic E-state index is 13.9. The minimum atomic E-state index is -0.182.